The topological polar surface area (TPSA) is 9.23 Å². The third-order valence-corrected chi connectivity index (χ3v) is 2.60. The highest BCUT2D eigenvalue weighted by Gasteiger charge is 2.06. The maximum atomic E-state index is 5.37. The summed E-state index contributed by atoms with van der Waals surface area (Å²) < 4.78 is 5.37. The van der Waals surface area contributed by atoms with Crippen LogP contribution >= 0.6 is 0 Å². The molecule has 0 aromatic heterocycles. The number of hydrogen-bond acceptors (Lipinski definition) is 1. The van der Waals surface area contributed by atoms with Crippen molar-refractivity contribution in [2.75, 3.05) is 7.11 Å². The Hall–Kier alpha value is -1.24. The molecule has 0 bridgehead atoms. The van der Waals surface area contributed by atoms with Crippen molar-refractivity contribution in [3.8, 4) is 5.75 Å². The number of rotatable bonds is 6. The zero-order valence-corrected chi connectivity index (χ0v) is 9.75. The number of unbranched alkanes of at least 4 members (excludes halogenated alkanes) is 1. The first kappa shape index (κ1) is 11.8. The van der Waals surface area contributed by atoms with Gasteiger partial charge < -0.3 is 4.74 Å². The Bertz CT molecular complexity index is 315. The summed E-state index contributed by atoms with van der Waals surface area (Å²) in [6.07, 6.45) is 6.43. The minimum atomic E-state index is 0.892. The van der Waals surface area contributed by atoms with Gasteiger partial charge in [0.2, 0.25) is 0 Å². The van der Waals surface area contributed by atoms with E-state index in [2.05, 4.69) is 25.6 Å². The van der Waals surface area contributed by atoms with Crippen molar-refractivity contribution >= 4 is 0 Å². The predicted molar refractivity (Wildman–Crippen MR) is 65.5 cm³/mol. The van der Waals surface area contributed by atoms with Gasteiger partial charge in [-0.25, -0.2) is 0 Å². The average Bonchev–Trinajstić information content (AvgIpc) is 2.28. The van der Waals surface area contributed by atoms with Crippen LogP contribution in [0, 0.1) is 0 Å². The van der Waals surface area contributed by atoms with Crippen LogP contribution in [0.25, 0.3) is 0 Å². The average molecular weight is 204 g/mol. The molecule has 0 aliphatic heterocycles. The van der Waals surface area contributed by atoms with Gasteiger partial charge in [0.15, 0.2) is 0 Å². The molecule has 0 saturated heterocycles. The molecular formula is C14H20O. The first-order valence-electron chi connectivity index (χ1n) is 5.59. The molecule has 0 amide bonds. The molecule has 82 valence electrons. The summed E-state index contributed by atoms with van der Waals surface area (Å²) in [7, 11) is 1.73. The fourth-order valence-electron chi connectivity index (χ4n) is 1.78. The molecule has 1 aromatic rings. The summed E-state index contributed by atoms with van der Waals surface area (Å²) in [5.41, 5.74) is 2.69. The van der Waals surface area contributed by atoms with E-state index in [-0.39, 0.29) is 0 Å². The van der Waals surface area contributed by atoms with Crippen LogP contribution in [0.3, 0.4) is 0 Å². The van der Waals surface area contributed by atoms with Gasteiger partial charge in [0, 0.05) is 5.56 Å². The van der Waals surface area contributed by atoms with Gasteiger partial charge in [0.05, 0.1) is 7.11 Å². The van der Waals surface area contributed by atoms with Crippen LogP contribution in [0.1, 0.15) is 30.9 Å². The van der Waals surface area contributed by atoms with Crippen LogP contribution in [-0.4, -0.2) is 7.11 Å². The summed E-state index contributed by atoms with van der Waals surface area (Å²) >= 11 is 0. The second kappa shape index (κ2) is 6.28. The van der Waals surface area contributed by atoms with E-state index in [1.165, 1.54) is 24.0 Å². The Morgan fingerprint density at radius 3 is 2.80 bits per heavy atom. The third kappa shape index (κ3) is 3.12. The zero-order valence-electron chi connectivity index (χ0n) is 9.75. The first-order chi connectivity index (χ1) is 7.33. The van der Waals surface area contributed by atoms with Crippen molar-refractivity contribution in [3.05, 3.63) is 42.0 Å². The number of benzene rings is 1. The van der Waals surface area contributed by atoms with Gasteiger partial charge in [0.1, 0.15) is 5.75 Å². The fourth-order valence-corrected chi connectivity index (χ4v) is 1.78. The molecule has 15 heavy (non-hydrogen) atoms. The maximum Gasteiger partial charge on any atom is 0.122 e. The minimum absolute atomic E-state index is 0.892. The first-order valence-corrected chi connectivity index (χ1v) is 5.59. The van der Waals surface area contributed by atoms with E-state index in [0.29, 0.717) is 0 Å². The molecule has 0 unspecified atom stereocenters. The van der Waals surface area contributed by atoms with Gasteiger partial charge in [-0.1, -0.05) is 31.6 Å². The quantitative estimate of drug-likeness (QED) is 0.641. The van der Waals surface area contributed by atoms with Gasteiger partial charge in [-0.3, -0.25) is 0 Å². The van der Waals surface area contributed by atoms with Gasteiger partial charge >= 0.3 is 0 Å². The molecule has 1 rings (SSSR count). The molecule has 0 fully saturated rings. The Morgan fingerprint density at radius 2 is 2.20 bits per heavy atom. The third-order valence-electron chi connectivity index (χ3n) is 2.60. The van der Waals surface area contributed by atoms with E-state index >= 15 is 0 Å². The molecule has 1 nitrogen and oxygen atoms in total. The molecular weight excluding hydrogens is 184 g/mol. The Labute approximate surface area is 92.8 Å². The van der Waals surface area contributed by atoms with Crippen LogP contribution in [0.4, 0.5) is 0 Å². The van der Waals surface area contributed by atoms with Crippen LogP contribution in [0.2, 0.25) is 0 Å². The lowest BCUT2D eigenvalue weighted by molar-refractivity contribution is 0.410. The number of methoxy groups -OCH3 is 1. The predicted octanol–water partition coefficient (Wildman–Crippen LogP) is 3.77. The molecule has 0 N–H and O–H groups in total. The Kier molecular flexibility index (Phi) is 4.96. The lowest BCUT2D eigenvalue weighted by Crippen LogP contribution is -1.97. The molecule has 0 atom stereocenters. The van der Waals surface area contributed by atoms with Crippen molar-refractivity contribution in [1.29, 1.82) is 0 Å². The van der Waals surface area contributed by atoms with Crippen LogP contribution in [-0.2, 0) is 12.8 Å². The second-order valence-electron chi connectivity index (χ2n) is 3.69. The summed E-state index contributed by atoms with van der Waals surface area (Å²) in [5.74, 6) is 0.989. The molecule has 0 saturated carbocycles. The van der Waals surface area contributed by atoms with E-state index in [1.54, 1.807) is 7.11 Å². The monoisotopic (exact) mass is 204 g/mol. The SMILES string of the molecule is C=CCc1c(CCCC)cccc1OC. The normalized spacial score (nSPS) is 10.0. The van der Waals surface area contributed by atoms with Crippen LogP contribution in [0.15, 0.2) is 30.9 Å². The molecule has 0 radical (unpaired) electrons. The van der Waals surface area contributed by atoms with E-state index in [9.17, 15) is 0 Å². The van der Waals surface area contributed by atoms with E-state index in [4.69, 9.17) is 4.74 Å². The maximum absolute atomic E-state index is 5.37. The van der Waals surface area contributed by atoms with Crippen LogP contribution < -0.4 is 4.74 Å². The standard InChI is InChI=1S/C14H20O/c1-4-6-9-12-10-7-11-14(15-3)13(12)8-5-2/h5,7,10-11H,2,4,6,8-9H2,1,3H3. The highest BCUT2D eigenvalue weighted by molar-refractivity contribution is 5.41. The molecule has 0 spiro atoms. The van der Waals surface area contributed by atoms with Crippen molar-refractivity contribution in [1.82, 2.24) is 0 Å². The summed E-state index contributed by atoms with van der Waals surface area (Å²) in [5, 5.41) is 0. The molecule has 0 heterocycles. The van der Waals surface area contributed by atoms with Crippen LogP contribution in [0.5, 0.6) is 5.75 Å². The number of allylic oxidation sites excluding steroid dienone is 1. The van der Waals surface area contributed by atoms with Gasteiger partial charge in [-0.05, 0) is 30.9 Å². The summed E-state index contributed by atoms with van der Waals surface area (Å²) in [6.45, 7) is 6.01. The number of aryl methyl sites for hydroxylation is 1. The minimum Gasteiger partial charge on any atom is -0.496 e. The smallest absolute Gasteiger partial charge is 0.122 e. The van der Waals surface area contributed by atoms with E-state index in [0.717, 1.165) is 18.6 Å². The number of ether oxygens (including phenoxy) is 1. The zero-order chi connectivity index (χ0) is 11.1. The van der Waals surface area contributed by atoms with E-state index < -0.39 is 0 Å². The molecule has 1 heteroatoms. The van der Waals surface area contributed by atoms with Crippen molar-refractivity contribution in [2.45, 2.75) is 32.6 Å². The van der Waals surface area contributed by atoms with Gasteiger partial charge in [-0.2, -0.15) is 0 Å². The van der Waals surface area contributed by atoms with Gasteiger partial charge in [0.25, 0.3) is 0 Å². The highest BCUT2D eigenvalue weighted by Crippen LogP contribution is 2.24. The molecule has 1 aromatic carbocycles. The summed E-state index contributed by atoms with van der Waals surface area (Å²) in [6, 6.07) is 6.28. The molecule has 0 aliphatic carbocycles. The fraction of sp³-hybridized carbons (Fsp3) is 0.429. The highest BCUT2D eigenvalue weighted by atomic mass is 16.5. The van der Waals surface area contributed by atoms with E-state index in [1.807, 2.05) is 12.1 Å². The largest absolute Gasteiger partial charge is 0.496 e. The Balaban J connectivity index is 2.95. The van der Waals surface area contributed by atoms with Crippen molar-refractivity contribution in [3.63, 3.8) is 0 Å². The second-order valence-corrected chi connectivity index (χ2v) is 3.69. The number of hydrogen-bond donors (Lipinski definition) is 0. The van der Waals surface area contributed by atoms with Crippen molar-refractivity contribution in [2.24, 2.45) is 0 Å². The Morgan fingerprint density at radius 1 is 1.40 bits per heavy atom. The lowest BCUT2D eigenvalue weighted by atomic mass is 9.99. The van der Waals surface area contributed by atoms with Crippen molar-refractivity contribution < 1.29 is 4.74 Å². The van der Waals surface area contributed by atoms with Gasteiger partial charge in [-0.15, -0.1) is 6.58 Å². The lowest BCUT2D eigenvalue weighted by Gasteiger charge is -2.12. The molecule has 0 aliphatic rings. The summed E-state index contributed by atoms with van der Waals surface area (Å²) in [4.78, 5) is 0.